The Morgan fingerprint density at radius 2 is 0.827 bits per heavy atom. The van der Waals surface area contributed by atoms with E-state index < -0.39 is 0 Å². The molecule has 0 N–H and O–H groups in total. The van der Waals surface area contributed by atoms with Gasteiger partial charge < -0.3 is 13.9 Å². The summed E-state index contributed by atoms with van der Waals surface area (Å²) >= 11 is 0. The van der Waals surface area contributed by atoms with Gasteiger partial charge in [-0.3, -0.25) is 0 Å². The number of anilines is 3. The number of para-hydroxylation sites is 3. The smallest absolute Gasteiger partial charge is 0.143 e. The summed E-state index contributed by atoms with van der Waals surface area (Å²) in [6, 6.07) is 102. The molecule has 0 amide bonds. The molecular weight excluding hydrogens is 909 g/mol. The molecule has 0 atom stereocenters. The predicted octanol–water partition coefficient (Wildman–Crippen LogP) is 20.3. The van der Waals surface area contributed by atoms with Crippen molar-refractivity contribution in [2.45, 2.75) is 0 Å². The highest BCUT2D eigenvalue weighted by Crippen LogP contribution is 2.46. The van der Waals surface area contributed by atoms with Gasteiger partial charge in [-0.05, 0) is 139 Å². The Bertz CT molecular complexity index is 4640. The van der Waals surface area contributed by atoms with Crippen LogP contribution in [0.5, 0.6) is 0 Å². The van der Waals surface area contributed by atoms with Crippen LogP contribution in [0.2, 0.25) is 0 Å². The second kappa shape index (κ2) is 17.4. The fraction of sp³-hybridized carbons (Fsp3) is 0. The highest BCUT2D eigenvalue weighted by molar-refractivity contribution is 6.16. The molecule has 3 heteroatoms. The van der Waals surface area contributed by atoms with Crippen molar-refractivity contribution >= 4 is 93.1 Å². The number of fused-ring (bicyclic) bond motifs is 11. The zero-order chi connectivity index (χ0) is 49.4. The molecule has 0 aliphatic carbocycles. The summed E-state index contributed by atoms with van der Waals surface area (Å²) in [6.45, 7) is 0. The minimum Gasteiger partial charge on any atom is -0.455 e. The molecule has 0 fully saturated rings. The summed E-state index contributed by atoms with van der Waals surface area (Å²) < 4.78 is 9.06. The van der Waals surface area contributed by atoms with Gasteiger partial charge in [0.15, 0.2) is 0 Å². The van der Waals surface area contributed by atoms with Gasteiger partial charge in [-0.15, -0.1) is 0 Å². The van der Waals surface area contributed by atoms with Gasteiger partial charge in [0.2, 0.25) is 0 Å². The average molecular weight is 955 g/mol. The lowest BCUT2D eigenvalue weighted by molar-refractivity contribution is 0.673. The number of aromatic nitrogens is 1. The topological polar surface area (TPSA) is 21.3 Å². The number of nitrogens with zero attached hydrogens (tertiary/aromatic N) is 2. The highest BCUT2D eigenvalue weighted by atomic mass is 16.3. The van der Waals surface area contributed by atoms with Crippen molar-refractivity contribution in [1.29, 1.82) is 0 Å². The Kier molecular flexibility index (Phi) is 9.89. The third-order valence-electron chi connectivity index (χ3n) is 15.4. The van der Waals surface area contributed by atoms with Crippen molar-refractivity contribution in [2.75, 3.05) is 4.90 Å². The first kappa shape index (κ1) is 42.7. The summed E-state index contributed by atoms with van der Waals surface area (Å²) in [4.78, 5) is 2.42. The number of benzene rings is 13. The van der Waals surface area contributed by atoms with Crippen LogP contribution < -0.4 is 4.90 Å². The van der Waals surface area contributed by atoms with E-state index in [0.717, 1.165) is 83.5 Å². The van der Waals surface area contributed by atoms with Crippen LogP contribution in [0.1, 0.15) is 0 Å². The van der Waals surface area contributed by atoms with Gasteiger partial charge in [0, 0.05) is 49.4 Å². The predicted molar refractivity (Wildman–Crippen MR) is 317 cm³/mol. The zero-order valence-electron chi connectivity index (χ0n) is 40.9. The molecule has 0 aliphatic heterocycles. The van der Waals surface area contributed by atoms with Crippen LogP contribution in [-0.4, -0.2) is 4.57 Å². The molecule has 15 rings (SSSR count). The SMILES string of the molecule is c1ccc(-c2cc(-c3cc4ccccc4c4ccccc34)ccc2N(c2ccc(-c3ccc4c(c3)oc3c5ccccc5ccc43)cc2)c2ccc(-c3ccccc3-n3c4ccccc4c4ccccc43)cc2)cc1. The standard InChI is InChI=1S/C72H46N2O/c1-2-16-48(17-3-1)66-45-53(65-44-52-19-5-6-20-56(52)59-23-8-9-24-60(59)65)36-43-70(66)73(54-37-30-47(31-38-54)51-35-41-63-64-42-34-49-18-4-7-22-58(49)72(64)75-71(63)46-51)55-39-32-50(33-40-55)57-21-10-13-27-67(57)74-68-28-14-11-25-61(68)62-26-12-15-29-69(62)74/h1-46H. The molecule has 2 heterocycles. The third kappa shape index (κ3) is 7.05. The van der Waals surface area contributed by atoms with Crippen LogP contribution >= 0.6 is 0 Å². The second-order valence-electron chi connectivity index (χ2n) is 19.6. The van der Waals surface area contributed by atoms with Crippen LogP contribution in [0, 0.1) is 0 Å². The Balaban J connectivity index is 0.888. The molecule has 0 aliphatic rings. The molecule has 3 nitrogen and oxygen atoms in total. The normalized spacial score (nSPS) is 11.7. The fourth-order valence-electron chi connectivity index (χ4n) is 11.8. The molecule has 2 aromatic heterocycles. The number of rotatable bonds is 8. The summed E-state index contributed by atoms with van der Waals surface area (Å²) in [6.07, 6.45) is 0. The molecule has 0 spiro atoms. The van der Waals surface area contributed by atoms with Crippen molar-refractivity contribution in [3.05, 3.63) is 279 Å². The molecule has 0 radical (unpaired) electrons. The summed E-state index contributed by atoms with van der Waals surface area (Å²) in [5.41, 5.74) is 17.7. The molecule has 0 saturated heterocycles. The van der Waals surface area contributed by atoms with Gasteiger partial charge in [0.25, 0.3) is 0 Å². The van der Waals surface area contributed by atoms with Gasteiger partial charge in [0.1, 0.15) is 11.2 Å². The maximum Gasteiger partial charge on any atom is 0.143 e. The fourth-order valence-corrected chi connectivity index (χ4v) is 11.8. The number of hydrogen-bond donors (Lipinski definition) is 0. The van der Waals surface area contributed by atoms with E-state index in [1.165, 1.54) is 59.9 Å². The molecule has 350 valence electrons. The lowest BCUT2D eigenvalue weighted by Gasteiger charge is -2.29. The lowest BCUT2D eigenvalue weighted by atomic mass is 9.91. The first-order valence-electron chi connectivity index (χ1n) is 25.7. The Morgan fingerprint density at radius 3 is 1.57 bits per heavy atom. The van der Waals surface area contributed by atoms with Crippen molar-refractivity contribution in [2.24, 2.45) is 0 Å². The Labute approximate surface area is 434 Å². The molecular formula is C72H46N2O. The molecule has 75 heavy (non-hydrogen) atoms. The lowest BCUT2D eigenvalue weighted by Crippen LogP contribution is -2.11. The van der Waals surface area contributed by atoms with E-state index in [1.54, 1.807) is 0 Å². The third-order valence-corrected chi connectivity index (χ3v) is 15.4. The van der Waals surface area contributed by atoms with E-state index in [2.05, 4.69) is 289 Å². The first-order chi connectivity index (χ1) is 37.2. The van der Waals surface area contributed by atoms with E-state index in [1.807, 2.05) is 0 Å². The van der Waals surface area contributed by atoms with Crippen molar-refractivity contribution < 1.29 is 4.42 Å². The van der Waals surface area contributed by atoms with Gasteiger partial charge >= 0.3 is 0 Å². The monoisotopic (exact) mass is 954 g/mol. The van der Waals surface area contributed by atoms with E-state index in [-0.39, 0.29) is 0 Å². The van der Waals surface area contributed by atoms with Gasteiger partial charge in [-0.2, -0.15) is 0 Å². The van der Waals surface area contributed by atoms with Gasteiger partial charge in [0.05, 0.1) is 22.4 Å². The van der Waals surface area contributed by atoms with Gasteiger partial charge in [-0.1, -0.05) is 200 Å². The van der Waals surface area contributed by atoms with Crippen LogP contribution in [0.3, 0.4) is 0 Å². The molecule has 0 bridgehead atoms. The maximum absolute atomic E-state index is 6.65. The Morgan fingerprint density at radius 1 is 0.280 bits per heavy atom. The minimum absolute atomic E-state index is 0.885. The summed E-state index contributed by atoms with van der Waals surface area (Å²) in [7, 11) is 0. The molecule has 0 saturated carbocycles. The van der Waals surface area contributed by atoms with E-state index in [0.29, 0.717) is 0 Å². The average Bonchev–Trinajstić information content (AvgIpc) is 4.06. The van der Waals surface area contributed by atoms with Crippen molar-refractivity contribution in [3.8, 4) is 50.2 Å². The van der Waals surface area contributed by atoms with Crippen LogP contribution in [0.4, 0.5) is 17.1 Å². The van der Waals surface area contributed by atoms with Crippen LogP contribution in [0.15, 0.2) is 283 Å². The zero-order valence-corrected chi connectivity index (χ0v) is 40.9. The largest absolute Gasteiger partial charge is 0.455 e. The molecule has 13 aromatic carbocycles. The second-order valence-corrected chi connectivity index (χ2v) is 19.6. The quantitative estimate of drug-likeness (QED) is 0.142. The van der Waals surface area contributed by atoms with E-state index in [9.17, 15) is 0 Å². The molecule has 15 aromatic rings. The van der Waals surface area contributed by atoms with Crippen molar-refractivity contribution in [3.63, 3.8) is 0 Å². The summed E-state index contributed by atoms with van der Waals surface area (Å²) in [5.74, 6) is 0. The first-order valence-corrected chi connectivity index (χ1v) is 25.7. The Hall–Kier alpha value is -9.96. The van der Waals surface area contributed by atoms with Crippen LogP contribution in [0.25, 0.3) is 126 Å². The number of furan rings is 1. The van der Waals surface area contributed by atoms with Crippen LogP contribution in [-0.2, 0) is 0 Å². The maximum atomic E-state index is 6.65. The summed E-state index contributed by atoms with van der Waals surface area (Å²) in [5, 5.41) is 12.0. The number of hydrogen-bond acceptors (Lipinski definition) is 2. The van der Waals surface area contributed by atoms with Gasteiger partial charge in [-0.25, -0.2) is 0 Å². The minimum atomic E-state index is 0.885. The van der Waals surface area contributed by atoms with Crippen molar-refractivity contribution in [1.82, 2.24) is 4.57 Å². The molecule has 0 unspecified atom stereocenters. The van der Waals surface area contributed by atoms with E-state index >= 15 is 0 Å². The van der Waals surface area contributed by atoms with E-state index in [4.69, 9.17) is 4.42 Å². The highest BCUT2D eigenvalue weighted by Gasteiger charge is 2.22.